The number of benzene rings is 1. The van der Waals surface area contributed by atoms with Crippen molar-refractivity contribution in [3.8, 4) is 11.8 Å². The van der Waals surface area contributed by atoms with E-state index in [4.69, 9.17) is 11.0 Å². The van der Waals surface area contributed by atoms with Crippen molar-refractivity contribution in [2.75, 3.05) is 5.73 Å². The number of aromatic hydroxyl groups is 1. The molecule has 0 saturated carbocycles. The maximum absolute atomic E-state index is 12.0. The van der Waals surface area contributed by atoms with Gasteiger partial charge in [-0.2, -0.15) is 5.26 Å². The molecular weight excluding hydrogens is 298 g/mol. The summed E-state index contributed by atoms with van der Waals surface area (Å²) in [7, 11) is -3.71. The molecule has 6 nitrogen and oxygen atoms in total. The normalized spacial score (nSPS) is 11.2. The Balaban J connectivity index is 2.17. The molecule has 0 aliphatic rings. The lowest BCUT2D eigenvalue weighted by Gasteiger charge is -2.07. The molecule has 1 aromatic heterocycles. The van der Waals surface area contributed by atoms with Crippen LogP contribution in [-0.2, 0) is 16.6 Å². The van der Waals surface area contributed by atoms with Gasteiger partial charge in [-0.15, -0.1) is 11.3 Å². The van der Waals surface area contributed by atoms with E-state index in [0.29, 0.717) is 16.1 Å². The molecule has 4 N–H and O–H groups in total. The zero-order valence-electron chi connectivity index (χ0n) is 10.2. The van der Waals surface area contributed by atoms with Gasteiger partial charge < -0.3 is 10.8 Å². The highest BCUT2D eigenvalue weighted by atomic mass is 32.2. The molecule has 0 radical (unpaired) electrons. The third kappa shape index (κ3) is 3.08. The summed E-state index contributed by atoms with van der Waals surface area (Å²) < 4.78 is 26.4. The molecule has 20 heavy (non-hydrogen) atoms. The number of hydrogen-bond acceptors (Lipinski definition) is 6. The van der Waals surface area contributed by atoms with Crippen LogP contribution in [0.5, 0.6) is 5.75 Å². The number of thiophene rings is 1. The largest absolute Gasteiger partial charge is 0.508 e. The van der Waals surface area contributed by atoms with Crippen LogP contribution < -0.4 is 10.5 Å². The molecule has 1 heterocycles. The predicted molar refractivity (Wildman–Crippen MR) is 75.6 cm³/mol. The van der Waals surface area contributed by atoms with E-state index in [-0.39, 0.29) is 16.5 Å². The van der Waals surface area contributed by atoms with Crippen LogP contribution in [0, 0.1) is 11.3 Å². The lowest BCUT2D eigenvalue weighted by atomic mass is 10.2. The van der Waals surface area contributed by atoms with Gasteiger partial charge in [0.1, 0.15) is 20.9 Å². The van der Waals surface area contributed by atoms with E-state index < -0.39 is 10.0 Å². The topological polar surface area (TPSA) is 116 Å². The Bertz CT molecular complexity index is 775. The first-order valence-corrected chi connectivity index (χ1v) is 7.79. The van der Waals surface area contributed by atoms with Gasteiger partial charge in [-0.25, -0.2) is 13.1 Å². The fourth-order valence-electron chi connectivity index (χ4n) is 1.52. The lowest BCUT2D eigenvalue weighted by Crippen LogP contribution is -2.22. The molecule has 0 bridgehead atoms. The van der Waals surface area contributed by atoms with Gasteiger partial charge in [-0.05, 0) is 30.3 Å². The predicted octanol–water partition coefficient (Wildman–Crippen LogP) is 1.39. The first-order valence-electron chi connectivity index (χ1n) is 5.49. The number of rotatable bonds is 4. The molecule has 0 saturated heterocycles. The van der Waals surface area contributed by atoms with E-state index in [1.165, 1.54) is 30.3 Å². The van der Waals surface area contributed by atoms with Crippen LogP contribution in [0.15, 0.2) is 34.5 Å². The van der Waals surface area contributed by atoms with Crippen molar-refractivity contribution in [1.82, 2.24) is 4.72 Å². The van der Waals surface area contributed by atoms with Gasteiger partial charge in [0.05, 0.1) is 0 Å². The Morgan fingerprint density at radius 1 is 1.35 bits per heavy atom. The highest BCUT2D eigenvalue weighted by molar-refractivity contribution is 7.91. The molecule has 0 amide bonds. The summed E-state index contributed by atoms with van der Waals surface area (Å²) in [4.78, 5) is 0.317. The van der Waals surface area contributed by atoms with Gasteiger partial charge >= 0.3 is 0 Å². The molecule has 8 heteroatoms. The number of nitrogens with one attached hydrogen (secondary N) is 1. The summed E-state index contributed by atoms with van der Waals surface area (Å²) in [6, 6.07) is 9.10. The highest BCUT2D eigenvalue weighted by Gasteiger charge is 2.17. The van der Waals surface area contributed by atoms with E-state index in [1.54, 1.807) is 0 Å². The van der Waals surface area contributed by atoms with Gasteiger partial charge in [0.2, 0.25) is 10.0 Å². The van der Waals surface area contributed by atoms with Crippen LogP contribution in [0.2, 0.25) is 0 Å². The number of phenolic OH excluding ortho intramolecular Hbond substituents is 1. The molecule has 104 valence electrons. The molecule has 1 aromatic carbocycles. The summed E-state index contributed by atoms with van der Waals surface area (Å²) in [6.45, 7) is -0.0843. The smallest absolute Gasteiger partial charge is 0.250 e. The van der Waals surface area contributed by atoms with Gasteiger partial charge in [0.15, 0.2) is 0 Å². The monoisotopic (exact) mass is 309 g/mol. The second kappa shape index (κ2) is 5.50. The van der Waals surface area contributed by atoms with E-state index in [2.05, 4.69) is 4.72 Å². The first-order chi connectivity index (χ1) is 9.42. The fraction of sp³-hybridized carbons (Fsp3) is 0.0833. The summed E-state index contributed by atoms with van der Waals surface area (Å²) in [5, 5.41) is 18.3. The number of nitrogens with two attached hydrogens (primary N) is 1. The van der Waals surface area contributed by atoms with Gasteiger partial charge in [0, 0.05) is 17.8 Å². The van der Waals surface area contributed by atoms with Crippen LogP contribution in [0.25, 0.3) is 0 Å². The number of anilines is 1. The SMILES string of the molecule is N#Cc1ccc(S(=O)(=O)NCc2cc(N)ccc2O)s1. The summed E-state index contributed by atoms with van der Waals surface area (Å²) in [5.74, 6) is -0.0363. The third-order valence-electron chi connectivity index (χ3n) is 2.51. The van der Waals surface area contributed by atoms with Crippen molar-refractivity contribution in [2.45, 2.75) is 10.8 Å². The van der Waals surface area contributed by atoms with Crippen LogP contribution in [0.4, 0.5) is 5.69 Å². The zero-order valence-corrected chi connectivity index (χ0v) is 11.8. The molecule has 2 aromatic rings. The van der Waals surface area contributed by atoms with Crippen molar-refractivity contribution in [2.24, 2.45) is 0 Å². The van der Waals surface area contributed by atoms with Crippen LogP contribution in [-0.4, -0.2) is 13.5 Å². The average Bonchev–Trinajstić information content (AvgIpc) is 2.89. The summed E-state index contributed by atoms with van der Waals surface area (Å²) >= 11 is 0.884. The second-order valence-corrected chi connectivity index (χ2v) is 7.02. The Morgan fingerprint density at radius 3 is 2.75 bits per heavy atom. The minimum Gasteiger partial charge on any atom is -0.508 e. The minimum absolute atomic E-state index is 0.0363. The molecule has 2 rings (SSSR count). The summed E-state index contributed by atoms with van der Waals surface area (Å²) in [6.07, 6.45) is 0. The quantitative estimate of drug-likeness (QED) is 0.583. The van der Waals surface area contributed by atoms with Crippen molar-refractivity contribution in [1.29, 1.82) is 5.26 Å². The highest BCUT2D eigenvalue weighted by Crippen LogP contribution is 2.23. The first kappa shape index (κ1) is 14.3. The Hall–Kier alpha value is -2.08. The maximum Gasteiger partial charge on any atom is 0.250 e. The third-order valence-corrected chi connectivity index (χ3v) is 5.40. The number of nitrogen functional groups attached to an aromatic ring is 1. The van der Waals surface area contributed by atoms with Crippen molar-refractivity contribution in [3.63, 3.8) is 0 Å². The van der Waals surface area contributed by atoms with Crippen molar-refractivity contribution >= 4 is 27.0 Å². The minimum atomic E-state index is -3.71. The fourth-order valence-corrected chi connectivity index (χ4v) is 3.67. The van der Waals surface area contributed by atoms with E-state index in [9.17, 15) is 13.5 Å². The number of hydrogen-bond donors (Lipinski definition) is 3. The van der Waals surface area contributed by atoms with Gasteiger partial charge in [0.25, 0.3) is 0 Å². The zero-order chi connectivity index (χ0) is 14.8. The maximum atomic E-state index is 12.0. The molecule has 0 atom stereocenters. The molecule has 0 aliphatic heterocycles. The van der Waals surface area contributed by atoms with E-state index in [1.807, 2.05) is 6.07 Å². The van der Waals surface area contributed by atoms with Crippen molar-refractivity contribution < 1.29 is 13.5 Å². The van der Waals surface area contributed by atoms with E-state index >= 15 is 0 Å². The number of phenols is 1. The molecular formula is C12H11N3O3S2. The molecule has 0 spiro atoms. The molecule has 0 unspecified atom stereocenters. The molecule has 0 fully saturated rings. The van der Waals surface area contributed by atoms with Gasteiger partial charge in [-0.1, -0.05) is 0 Å². The number of sulfonamides is 1. The van der Waals surface area contributed by atoms with Crippen LogP contribution >= 0.6 is 11.3 Å². The van der Waals surface area contributed by atoms with Crippen LogP contribution in [0.1, 0.15) is 10.4 Å². The summed E-state index contributed by atoms with van der Waals surface area (Å²) in [5.41, 5.74) is 6.39. The number of nitriles is 1. The standard InChI is InChI=1S/C12H11N3O3S2/c13-6-10-2-4-12(19-10)20(17,18)15-7-8-5-9(14)1-3-11(8)16/h1-5,15-16H,7,14H2. The molecule has 0 aliphatic carbocycles. The second-order valence-electron chi connectivity index (χ2n) is 3.94. The Labute approximate surface area is 120 Å². The van der Waals surface area contributed by atoms with E-state index in [0.717, 1.165) is 11.3 Å². The van der Waals surface area contributed by atoms with Crippen molar-refractivity contribution in [3.05, 3.63) is 40.8 Å². The lowest BCUT2D eigenvalue weighted by molar-refractivity contribution is 0.467. The average molecular weight is 309 g/mol. The van der Waals surface area contributed by atoms with Gasteiger partial charge in [-0.3, -0.25) is 0 Å². The Morgan fingerprint density at radius 2 is 2.10 bits per heavy atom. The Kier molecular flexibility index (Phi) is 3.94. The van der Waals surface area contributed by atoms with Crippen LogP contribution in [0.3, 0.4) is 0 Å². The number of nitrogens with zero attached hydrogens (tertiary/aromatic N) is 1.